The average molecular weight is 350 g/mol. The zero-order chi connectivity index (χ0) is 15.8. The second-order valence-corrected chi connectivity index (χ2v) is 9.38. The van der Waals surface area contributed by atoms with E-state index < -0.39 is 23.9 Å². The first kappa shape index (κ1) is 16.4. The third kappa shape index (κ3) is 4.03. The molecule has 1 aromatic heterocycles. The van der Waals surface area contributed by atoms with E-state index in [4.69, 9.17) is 9.79 Å². The topological polar surface area (TPSA) is 107 Å². The van der Waals surface area contributed by atoms with Gasteiger partial charge in [0.1, 0.15) is 10.5 Å². The number of nitrogens with zero attached hydrogens (tertiary/aromatic N) is 1. The molecule has 0 amide bonds. The number of thiophene rings is 1. The molecule has 0 aliphatic heterocycles. The zero-order valence-electron chi connectivity index (χ0n) is 11.3. The third-order valence-corrected chi connectivity index (χ3v) is 6.49. The predicted molar refractivity (Wildman–Crippen MR) is 83.4 cm³/mol. The van der Waals surface area contributed by atoms with Gasteiger partial charge in [0.25, 0.3) is 10.0 Å². The summed E-state index contributed by atoms with van der Waals surface area (Å²) in [6.45, 7) is 0. The molecule has 2 aromatic rings. The van der Waals surface area contributed by atoms with E-state index in [0.29, 0.717) is 0 Å². The van der Waals surface area contributed by atoms with E-state index in [1.54, 1.807) is 0 Å². The van der Waals surface area contributed by atoms with Gasteiger partial charge < -0.3 is 14.7 Å². The summed E-state index contributed by atoms with van der Waals surface area (Å²) >= 11 is 1.05. The summed E-state index contributed by atoms with van der Waals surface area (Å²) in [6, 6.07) is 7.04. The third-order valence-electron chi connectivity index (χ3n) is 2.72. The molecule has 0 saturated carbocycles. The minimum Gasteiger partial charge on any atom is -0.378 e. The molecule has 0 radical (unpaired) electrons. The Morgan fingerprint density at radius 3 is 2.52 bits per heavy atom. The molecule has 10 heteroatoms. The molecule has 0 unspecified atom stereocenters. The highest BCUT2D eigenvalue weighted by Gasteiger charge is 2.22. The molecule has 3 N–H and O–H groups in total. The number of nitrogens with one attached hydrogen (secondary N) is 1. The molecule has 0 aliphatic carbocycles. The highest BCUT2D eigenvalue weighted by Crippen LogP contribution is 2.35. The smallest absolute Gasteiger partial charge is 0.340 e. The molecule has 0 bridgehead atoms. The van der Waals surface area contributed by atoms with Crippen molar-refractivity contribution in [2.24, 2.45) is 0 Å². The van der Waals surface area contributed by atoms with E-state index in [0.717, 1.165) is 27.1 Å². The average Bonchev–Trinajstić information content (AvgIpc) is 2.79. The van der Waals surface area contributed by atoms with Crippen LogP contribution < -0.4 is 9.62 Å². The summed E-state index contributed by atoms with van der Waals surface area (Å²) in [5, 5.41) is 0.766. The predicted octanol–water partition coefficient (Wildman–Crippen LogP) is 1.38. The molecule has 0 spiro atoms. The molecule has 1 heterocycles. The van der Waals surface area contributed by atoms with Gasteiger partial charge in [0.05, 0.1) is 0 Å². The van der Waals surface area contributed by atoms with E-state index in [2.05, 4.69) is 0 Å². The summed E-state index contributed by atoms with van der Waals surface area (Å²) < 4.78 is 37.5. The van der Waals surface area contributed by atoms with Crippen molar-refractivity contribution < 1.29 is 22.8 Å². The number of hydrogen-bond acceptors (Lipinski definition) is 5. The monoisotopic (exact) mass is 350 g/mol. The number of benzene rings is 1. The molecule has 1 aromatic carbocycles. The Hall–Kier alpha value is -0.960. The van der Waals surface area contributed by atoms with Gasteiger partial charge in [-0.2, -0.15) is 4.72 Å². The van der Waals surface area contributed by atoms with Crippen molar-refractivity contribution in [2.45, 2.75) is 4.21 Å². The Balaban J connectivity index is 2.36. The van der Waals surface area contributed by atoms with Crippen LogP contribution in [-0.4, -0.2) is 38.6 Å². The van der Waals surface area contributed by atoms with Crippen molar-refractivity contribution >= 4 is 44.7 Å². The Bertz CT molecular complexity index is 809. The first-order valence-corrected chi connectivity index (χ1v) is 9.93. The van der Waals surface area contributed by atoms with Crippen LogP contribution in [0.3, 0.4) is 0 Å². The molecule has 21 heavy (non-hydrogen) atoms. The van der Waals surface area contributed by atoms with Crippen LogP contribution in [0.1, 0.15) is 0 Å². The summed E-state index contributed by atoms with van der Waals surface area (Å²) in [5.74, 6) is 0. The summed E-state index contributed by atoms with van der Waals surface area (Å²) in [7, 11) is -4.59. The van der Waals surface area contributed by atoms with Crippen molar-refractivity contribution in [2.75, 3.05) is 25.3 Å². The normalized spacial score (nSPS) is 12.8. The van der Waals surface area contributed by atoms with Crippen molar-refractivity contribution in [3.63, 3.8) is 0 Å². The lowest BCUT2D eigenvalue weighted by Crippen LogP contribution is -2.23. The molecule has 0 aliphatic rings. The van der Waals surface area contributed by atoms with E-state index in [-0.39, 0.29) is 4.21 Å². The van der Waals surface area contributed by atoms with Crippen molar-refractivity contribution in [1.82, 2.24) is 4.72 Å². The van der Waals surface area contributed by atoms with Gasteiger partial charge in [-0.15, -0.1) is 11.3 Å². The van der Waals surface area contributed by atoms with Crippen LogP contribution in [0.2, 0.25) is 0 Å². The molecule has 116 valence electrons. The molecule has 0 saturated heterocycles. The second-order valence-electron chi connectivity index (χ2n) is 4.65. The first-order valence-electron chi connectivity index (χ1n) is 5.84. The van der Waals surface area contributed by atoms with Crippen LogP contribution in [0.4, 0.5) is 5.69 Å². The van der Waals surface area contributed by atoms with Crippen molar-refractivity contribution in [1.29, 1.82) is 0 Å². The Kier molecular flexibility index (Phi) is 4.44. The molecule has 2 rings (SSSR count). The highest BCUT2D eigenvalue weighted by atomic mass is 32.2. The van der Waals surface area contributed by atoms with Gasteiger partial charge in [-0.1, -0.05) is 0 Å². The quantitative estimate of drug-likeness (QED) is 0.704. The van der Waals surface area contributed by atoms with Crippen molar-refractivity contribution in [3.8, 4) is 0 Å². The number of rotatable bonds is 5. The van der Waals surface area contributed by atoms with Gasteiger partial charge in [-0.3, -0.25) is 4.57 Å². The zero-order valence-corrected chi connectivity index (χ0v) is 13.9. The van der Waals surface area contributed by atoms with Gasteiger partial charge >= 0.3 is 7.60 Å². The SMILES string of the molecule is CN(C)c1ccc2sc(S(=O)(=O)NCP(=O)(O)O)cc2c1. The van der Waals surface area contributed by atoms with E-state index >= 15 is 0 Å². The number of sulfonamides is 1. The molecular formula is C11H15N2O5PS2. The maximum Gasteiger partial charge on any atom is 0.340 e. The number of hydrogen-bond donors (Lipinski definition) is 3. The largest absolute Gasteiger partial charge is 0.378 e. The van der Waals surface area contributed by atoms with E-state index in [1.165, 1.54) is 6.07 Å². The van der Waals surface area contributed by atoms with Crippen LogP contribution in [0.5, 0.6) is 0 Å². The van der Waals surface area contributed by atoms with Crippen LogP contribution in [-0.2, 0) is 14.6 Å². The molecule has 0 fully saturated rings. The lowest BCUT2D eigenvalue weighted by Gasteiger charge is -2.11. The Labute approximate surface area is 126 Å². The first-order chi connectivity index (χ1) is 9.58. The van der Waals surface area contributed by atoms with Gasteiger partial charge in [-0.25, -0.2) is 8.42 Å². The minimum atomic E-state index is -4.43. The lowest BCUT2D eigenvalue weighted by molar-refractivity contribution is 0.371. The fourth-order valence-corrected chi connectivity index (χ4v) is 5.09. The molecule has 0 atom stereocenters. The van der Waals surface area contributed by atoms with Crippen LogP contribution in [0.15, 0.2) is 28.5 Å². The highest BCUT2D eigenvalue weighted by molar-refractivity contribution is 7.92. The Morgan fingerprint density at radius 1 is 1.29 bits per heavy atom. The van der Waals surface area contributed by atoms with Crippen molar-refractivity contribution in [3.05, 3.63) is 24.3 Å². The summed E-state index contributed by atoms with van der Waals surface area (Å²) in [6.07, 6.45) is -0.910. The van der Waals surface area contributed by atoms with E-state index in [1.807, 2.05) is 41.9 Å². The van der Waals surface area contributed by atoms with Gasteiger partial charge in [0, 0.05) is 24.5 Å². The summed E-state index contributed by atoms with van der Waals surface area (Å²) in [5.41, 5.74) is 0.937. The lowest BCUT2D eigenvalue weighted by atomic mass is 10.2. The van der Waals surface area contributed by atoms with Crippen LogP contribution >= 0.6 is 18.9 Å². The van der Waals surface area contributed by atoms with Crippen LogP contribution in [0, 0.1) is 0 Å². The fourth-order valence-electron chi connectivity index (χ4n) is 1.66. The summed E-state index contributed by atoms with van der Waals surface area (Å²) in [4.78, 5) is 19.4. The van der Waals surface area contributed by atoms with Gasteiger partial charge in [0.15, 0.2) is 0 Å². The van der Waals surface area contributed by atoms with Gasteiger partial charge in [-0.05, 0) is 29.7 Å². The molecule has 7 nitrogen and oxygen atoms in total. The van der Waals surface area contributed by atoms with E-state index in [9.17, 15) is 13.0 Å². The maximum atomic E-state index is 12.0. The molecular weight excluding hydrogens is 335 g/mol. The number of anilines is 1. The van der Waals surface area contributed by atoms with Gasteiger partial charge in [0.2, 0.25) is 0 Å². The minimum absolute atomic E-state index is 0.0295. The van der Waals surface area contributed by atoms with Crippen LogP contribution in [0.25, 0.3) is 10.1 Å². The standard InChI is InChI=1S/C11H15N2O5PS2/c1-13(2)9-3-4-10-8(5-9)6-11(20-10)21(17,18)12-7-19(14,15)16/h3-6,12H,7H2,1-2H3,(H2,14,15,16). The fraction of sp³-hybridized carbons (Fsp3) is 0.273. The number of fused-ring (bicyclic) bond motifs is 1. The second kappa shape index (κ2) is 5.68. The Morgan fingerprint density at radius 2 is 1.95 bits per heavy atom. The maximum absolute atomic E-state index is 12.0.